The number of rotatable bonds is 6. The number of benzene rings is 1. The number of hydrogen-bond donors (Lipinski definition) is 0. The zero-order chi connectivity index (χ0) is 12.7. The Labute approximate surface area is 107 Å². The van der Waals surface area contributed by atoms with E-state index in [1.54, 1.807) is 18.2 Å². The van der Waals surface area contributed by atoms with E-state index in [2.05, 4.69) is 13.8 Å². The molecule has 0 amide bonds. The second-order valence-corrected chi connectivity index (χ2v) is 4.51. The second-order valence-electron chi connectivity index (χ2n) is 4.07. The van der Waals surface area contributed by atoms with Gasteiger partial charge in [0.2, 0.25) is 0 Å². The highest BCUT2D eigenvalue weighted by Crippen LogP contribution is 2.21. The summed E-state index contributed by atoms with van der Waals surface area (Å²) in [5, 5.41) is 9.43. The van der Waals surface area contributed by atoms with E-state index in [1.165, 1.54) is 0 Å². The average molecular weight is 254 g/mol. The van der Waals surface area contributed by atoms with Crippen LogP contribution in [0.1, 0.15) is 19.4 Å². The molecule has 4 heteroatoms. The molecule has 0 bridgehead atoms. The van der Waals surface area contributed by atoms with Gasteiger partial charge in [-0.25, -0.2) is 0 Å². The van der Waals surface area contributed by atoms with Crippen LogP contribution in [0.3, 0.4) is 0 Å². The van der Waals surface area contributed by atoms with E-state index in [0.29, 0.717) is 35.5 Å². The van der Waals surface area contributed by atoms with Crippen LogP contribution in [-0.2, 0) is 4.74 Å². The van der Waals surface area contributed by atoms with Gasteiger partial charge in [-0.2, -0.15) is 5.26 Å². The summed E-state index contributed by atoms with van der Waals surface area (Å²) in [6, 6.07) is 7.03. The fourth-order valence-corrected chi connectivity index (χ4v) is 1.42. The third-order valence-corrected chi connectivity index (χ3v) is 2.23. The molecule has 3 nitrogen and oxygen atoms in total. The summed E-state index contributed by atoms with van der Waals surface area (Å²) in [6.07, 6.45) is 0. The van der Waals surface area contributed by atoms with Crippen molar-refractivity contribution in [3.63, 3.8) is 0 Å². The number of halogens is 1. The Kier molecular flexibility index (Phi) is 5.82. The molecule has 0 aromatic heterocycles. The van der Waals surface area contributed by atoms with Crippen molar-refractivity contribution in [2.45, 2.75) is 13.8 Å². The quantitative estimate of drug-likeness (QED) is 0.731. The van der Waals surface area contributed by atoms with E-state index in [0.717, 1.165) is 6.61 Å². The molecule has 0 atom stereocenters. The lowest BCUT2D eigenvalue weighted by molar-refractivity contribution is 0.0818. The van der Waals surface area contributed by atoms with Crippen LogP contribution in [-0.4, -0.2) is 19.8 Å². The summed E-state index contributed by atoms with van der Waals surface area (Å²) < 4.78 is 10.8. The van der Waals surface area contributed by atoms with Crippen molar-refractivity contribution in [3.05, 3.63) is 28.8 Å². The molecule has 0 saturated heterocycles. The largest absolute Gasteiger partial charge is 0.490 e. The summed E-state index contributed by atoms with van der Waals surface area (Å²) in [5.41, 5.74) is 0.446. The molecule has 17 heavy (non-hydrogen) atoms. The van der Waals surface area contributed by atoms with Crippen molar-refractivity contribution in [2.24, 2.45) is 5.92 Å². The molecule has 0 aliphatic heterocycles. The molecule has 92 valence electrons. The first-order valence-electron chi connectivity index (χ1n) is 5.53. The van der Waals surface area contributed by atoms with Crippen molar-refractivity contribution < 1.29 is 9.47 Å². The standard InChI is InChI=1S/C13H16ClNO2/c1-10(2)9-16-5-6-17-13-4-3-12(14)7-11(13)8-15/h3-4,7,10H,5-6,9H2,1-2H3. The summed E-state index contributed by atoms with van der Waals surface area (Å²) in [5.74, 6) is 1.06. The topological polar surface area (TPSA) is 42.2 Å². The van der Waals surface area contributed by atoms with Crippen LogP contribution in [0, 0.1) is 17.2 Å². The maximum absolute atomic E-state index is 8.90. The highest BCUT2D eigenvalue weighted by Gasteiger charge is 2.03. The Bertz CT molecular complexity index is 399. The van der Waals surface area contributed by atoms with Crippen LogP contribution in [0.25, 0.3) is 0 Å². The average Bonchev–Trinajstić information content (AvgIpc) is 2.29. The van der Waals surface area contributed by atoms with Gasteiger partial charge in [0.05, 0.1) is 12.2 Å². The molecule has 0 saturated carbocycles. The first kappa shape index (κ1) is 13.8. The van der Waals surface area contributed by atoms with E-state index in [4.69, 9.17) is 26.3 Å². The van der Waals surface area contributed by atoms with Crippen molar-refractivity contribution in [2.75, 3.05) is 19.8 Å². The first-order valence-corrected chi connectivity index (χ1v) is 5.91. The molecule has 1 aromatic rings. The fraction of sp³-hybridized carbons (Fsp3) is 0.462. The van der Waals surface area contributed by atoms with Gasteiger partial charge in [0, 0.05) is 11.6 Å². The molecule has 0 spiro atoms. The lowest BCUT2D eigenvalue weighted by atomic mass is 10.2. The molecule has 0 heterocycles. The van der Waals surface area contributed by atoms with E-state index in [-0.39, 0.29) is 0 Å². The lowest BCUT2D eigenvalue weighted by Gasteiger charge is -2.09. The summed E-state index contributed by atoms with van der Waals surface area (Å²) in [4.78, 5) is 0. The van der Waals surface area contributed by atoms with E-state index in [9.17, 15) is 0 Å². The Morgan fingerprint density at radius 1 is 1.35 bits per heavy atom. The Morgan fingerprint density at radius 3 is 2.76 bits per heavy atom. The maximum Gasteiger partial charge on any atom is 0.137 e. The molecule has 0 aliphatic carbocycles. The number of nitrogens with zero attached hydrogens (tertiary/aromatic N) is 1. The zero-order valence-electron chi connectivity index (χ0n) is 10.1. The van der Waals surface area contributed by atoms with Crippen LogP contribution in [0.2, 0.25) is 5.02 Å². The Balaban J connectivity index is 2.39. The second kappa shape index (κ2) is 7.16. The first-order chi connectivity index (χ1) is 8.13. The molecular formula is C13H16ClNO2. The third kappa shape index (κ3) is 5.08. The predicted octanol–water partition coefficient (Wildman–Crippen LogP) is 3.26. The van der Waals surface area contributed by atoms with Crippen molar-refractivity contribution in [3.8, 4) is 11.8 Å². The number of ether oxygens (including phenoxy) is 2. The molecular weight excluding hydrogens is 238 g/mol. The summed E-state index contributed by atoms with van der Waals surface area (Å²) in [7, 11) is 0. The monoisotopic (exact) mass is 253 g/mol. The summed E-state index contributed by atoms with van der Waals surface area (Å²) in [6.45, 7) is 5.85. The number of hydrogen-bond acceptors (Lipinski definition) is 3. The van der Waals surface area contributed by atoms with Crippen LogP contribution in [0.5, 0.6) is 5.75 Å². The van der Waals surface area contributed by atoms with Crippen LogP contribution >= 0.6 is 11.6 Å². The molecule has 1 aromatic carbocycles. The van der Waals surface area contributed by atoms with Crippen LogP contribution < -0.4 is 4.74 Å². The minimum Gasteiger partial charge on any atom is -0.490 e. The highest BCUT2D eigenvalue weighted by atomic mass is 35.5. The highest BCUT2D eigenvalue weighted by molar-refractivity contribution is 6.30. The van der Waals surface area contributed by atoms with Gasteiger partial charge in [-0.05, 0) is 24.1 Å². The minimum absolute atomic E-state index is 0.434. The zero-order valence-corrected chi connectivity index (χ0v) is 10.8. The van der Waals surface area contributed by atoms with Gasteiger partial charge < -0.3 is 9.47 Å². The van der Waals surface area contributed by atoms with Crippen LogP contribution in [0.15, 0.2) is 18.2 Å². The van der Waals surface area contributed by atoms with Crippen LogP contribution in [0.4, 0.5) is 0 Å². The van der Waals surface area contributed by atoms with E-state index >= 15 is 0 Å². The third-order valence-electron chi connectivity index (χ3n) is 2.00. The van der Waals surface area contributed by atoms with Gasteiger partial charge >= 0.3 is 0 Å². The molecule has 0 N–H and O–H groups in total. The van der Waals surface area contributed by atoms with Gasteiger partial charge in [-0.1, -0.05) is 25.4 Å². The van der Waals surface area contributed by atoms with Crippen molar-refractivity contribution >= 4 is 11.6 Å². The maximum atomic E-state index is 8.90. The molecule has 0 aliphatic rings. The Hall–Kier alpha value is -1.24. The molecule has 1 rings (SSSR count). The molecule has 0 unspecified atom stereocenters. The predicted molar refractivity (Wildman–Crippen MR) is 67.3 cm³/mol. The summed E-state index contributed by atoms with van der Waals surface area (Å²) >= 11 is 5.78. The normalized spacial score (nSPS) is 10.3. The van der Waals surface area contributed by atoms with E-state index in [1.807, 2.05) is 6.07 Å². The Morgan fingerprint density at radius 2 is 2.12 bits per heavy atom. The van der Waals surface area contributed by atoms with Gasteiger partial charge in [0.1, 0.15) is 18.4 Å². The van der Waals surface area contributed by atoms with Crippen molar-refractivity contribution in [1.29, 1.82) is 5.26 Å². The van der Waals surface area contributed by atoms with Gasteiger partial charge in [-0.15, -0.1) is 0 Å². The molecule has 0 radical (unpaired) electrons. The minimum atomic E-state index is 0.434. The fourth-order valence-electron chi connectivity index (χ4n) is 1.25. The van der Waals surface area contributed by atoms with Crippen molar-refractivity contribution in [1.82, 2.24) is 0 Å². The molecule has 0 fully saturated rings. The lowest BCUT2D eigenvalue weighted by Crippen LogP contribution is -2.10. The number of nitriles is 1. The van der Waals surface area contributed by atoms with Gasteiger partial charge in [-0.3, -0.25) is 0 Å². The smallest absolute Gasteiger partial charge is 0.137 e. The SMILES string of the molecule is CC(C)COCCOc1ccc(Cl)cc1C#N. The van der Waals surface area contributed by atoms with Gasteiger partial charge in [0.15, 0.2) is 0 Å². The van der Waals surface area contributed by atoms with E-state index < -0.39 is 0 Å². The van der Waals surface area contributed by atoms with Gasteiger partial charge in [0.25, 0.3) is 0 Å².